The first-order valence-electron chi connectivity index (χ1n) is 7.30. The van der Waals surface area contributed by atoms with Gasteiger partial charge in [-0.25, -0.2) is 19.7 Å². The third-order valence-corrected chi connectivity index (χ3v) is 3.91. The topological polar surface area (TPSA) is 76.6 Å². The Morgan fingerprint density at radius 2 is 1.88 bits per heavy atom. The Morgan fingerprint density at radius 1 is 1.08 bits per heavy atom. The van der Waals surface area contributed by atoms with Gasteiger partial charge in [0, 0.05) is 6.07 Å². The molecule has 1 aliphatic rings. The lowest BCUT2D eigenvalue weighted by Gasteiger charge is -2.29. The van der Waals surface area contributed by atoms with Crippen molar-refractivity contribution in [3.8, 4) is 11.5 Å². The second-order valence-electron chi connectivity index (χ2n) is 5.18. The zero-order valence-electron chi connectivity index (χ0n) is 13.1. The van der Waals surface area contributed by atoms with Gasteiger partial charge in [-0.05, 0) is 12.1 Å². The molecule has 0 unspecified atom stereocenters. The second-order valence-corrected chi connectivity index (χ2v) is 5.18. The van der Waals surface area contributed by atoms with Gasteiger partial charge in [-0.15, -0.1) is 0 Å². The van der Waals surface area contributed by atoms with Gasteiger partial charge in [0.2, 0.25) is 0 Å². The van der Waals surface area contributed by atoms with Crippen molar-refractivity contribution >= 4 is 34.1 Å². The van der Waals surface area contributed by atoms with Crippen LogP contribution in [0.25, 0.3) is 10.9 Å². The van der Waals surface area contributed by atoms with E-state index in [0.717, 1.165) is 5.69 Å². The van der Waals surface area contributed by atoms with Crippen LogP contribution in [0.1, 0.15) is 0 Å². The van der Waals surface area contributed by atoms with Gasteiger partial charge in [0.1, 0.15) is 12.0 Å². The van der Waals surface area contributed by atoms with Gasteiger partial charge >= 0.3 is 6.03 Å². The normalized spacial score (nSPS) is 12.9. The first-order chi connectivity index (χ1) is 11.7. The lowest BCUT2D eigenvalue weighted by atomic mass is 10.1. The fourth-order valence-corrected chi connectivity index (χ4v) is 2.88. The minimum absolute atomic E-state index is 0.319. The molecule has 120 valence electrons. The highest BCUT2D eigenvalue weighted by atomic mass is 16.5. The quantitative estimate of drug-likeness (QED) is 0.800. The fourth-order valence-electron chi connectivity index (χ4n) is 2.88. The monoisotopic (exact) mass is 322 g/mol. The maximum Gasteiger partial charge on any atom is 0.332 e. The Bertz CT molecular complexity index is 943. The van der Waals surface area contributed by atoms with Crippen molar-refractivity contribution in [1.82, 2.24) is 9.97 Å². The average molecular weight is 322 g/mol. The van der Waals surface area contributed by atoms with Gasteiger partial charge in [0.15, 0.2) is 17.3 Å². The molecule has 0 bridgehead atoms. The fraction of sp³-hybridized carbons (Fsp3) is 0.118. The summed E-state index contributed by atoms with van der Waals surface area (Å²) >= 11 is 0. The van der Waals surface area contributed by atoms with E-state index in [-0.39, 0.29) is 6.03 Å². The average Bonchev–Trinajstić information content (AvgIpc) is 2.62. The molecule has 2 aromatic carbocycles. The van der Waals surface area contributed by atoms with Crippen LogP contribution in [0.2, 0.25) is 0 Å². The molecule has 1 aromatic heterocycles. The predicted molar refractivity (Wildman–Crippen MR) is 90.2 cm³/mol. The molecule has 4 rings (SSSR count). The number of hydrogen-bond acceptors (Lipinski definition) is 5. The predicted octanol–water partition coefficient (Wildman–Crippen LogP) is 3.33. The lowest BCUT2D eigenvalue weighted by Crippen LogP contribution is -2.35. The maximum atomic E-state index is 12.7. The summed E-state index contributed by atoms with van der Waals surface area (Å²) in [4.78, 5) is 22.9. The summed E-state index contributed by atoms with van der Waals surface area (Å²) in [7, 11) is 3.07. The summed E-state index contributed by atoms with van der Waals surface area (Å²) in [6.45, 7) is 0. The Hall–Kier alpha value is -3.35. The van der Waals surface area contributed by atoms with Crippen molar-refractivity contribution in [3.05, 3.63) is 42.7 Å². The first-order valence-corrected chi connectivity index (χ1v) is 7.30. The van der Waals surface area contributed by atoms with Gasteiger partial charge in [-0.3, -0.25) is 0 Å². The third-order valence-electron chi connectivity index (χ3n) is 3.91. The molecule has 0 spiro atoms. The van der Waals surface area contributed by atoms with Crippen molar-refractivity contribution in [1.29, 1.82) is 0 Å². The number of methoxy groups -OCH3 is 2. The highest BCUT2D eigenvalue weighted by molar-refractivity contribution is 6.21. The molecule has 7 heteroatoms. The minimum atomic E-state index is -0.319. The van der Waals surface area contributed by atoms with Crippen LogP contribution in [0.5, 0.6) is 11.5 Å². The molecule has 0 atom stereocenters. The zero-order chi connectivity index (χ0) is 16.7. The Labute approximate surface area is 137 Å². The van der Waals surface area contributed by atoms with E-state index in [1.807, 2.05) is 30.3 Å². The van der Waals surface area contributed by atoms with E-state index in [1.54, 1.807) is 13.2 Å². The summed E-state index contributed by atoms with van der Waals surface area (Å²) < 4.78 is 10.8. The van der Waals surface area contributed by atoms with Crippen molar-refractivity contribution < 1.29 is 14.3 Å². The SMILES string of the molecule is COc1cc2ncnc3c2c(c1OC)NC(=O)N3c1ccccc1. The van der Waals surface area contributed by atoms with E-state index in [2.05, 4.69) is 15.3 Å². The molecule has 0 saturated carbocycles. The highest BCUT2D eigenvalue weighted by Gasteiger charge is 2.32. The van der Waals surface area contributed by atoms with Gasteiger partial charge in [0.05, 0.1) is 30.8 Å². The van der Waals surface area contributed by atoms with Crippen LogP contribution in [0.3, 0.4) is 0 Å². The Kier molecular flexibility index (Phi) is 3.19. The number of anilines is 3. The number of para-hydroxylation sites is 1. The number of urea groups is 1. The van der Waals surface area contributed by atoms with Crippen LogP contribution in [-0.4, -0.2) is 30.2 Å². The number of amides is 2. The zero-order valence-corrected chi connectivity index (χ0v) is 13.1. The summed E-state index contributed by atoms with van der Waals surface area (Å²) in [5, 5.41) is 3.58. The number of rotatable bonds is 3. The number of ether oxygens (including phenoxy) is 2. The lowest BCUT2D eigenvalue weighted by molar-refractivity contribution is 0.258. The smallest absolute Gasteiger partial charge is 0.332 e. The highest BCUT2D eigenvalue weighted by Crippen LogP contribution is 2.47. The summed E-state index contributed by atoms with van der Waals surface area (Å²) in [5.41, 5.74) is 1.89. The number of nitrogens with one attached hydrogen (secondary N) is 1. The molecular formula is C17H14N4O3. The number of hydrogen-bond donors (Lipinski definition) is 1. The molecule has 3 aromatic rings. The molecule has 1 N–H and O–H groups in total. The van der Waals surface area contributed by atoms with Crippen LogP contribution < -0.4 is 19.7 Å². The molecular weight excluding hydrogens is 308 g/mol. The molecule has 0 saturated heterocycles. The molecule has 1 aliphatic heterocycles. The Balaban J connectivity index is 2.05. The third kappa shape index (κ3) is 1.95. The number of carbonyl (C=O) groups is 1. The van der Waals surface area contributed by atoms with Crippen molar-refractivity contribution in [2.75, 3.05) is 24.4 Å². The van der Waals surface area contributed by atoms with Crippen molar-refractivity contribution in [2.45, 2.75) is 0 Å². The van der Waals surface area contributed by atoms with Gasteiger partial charge in [0.25, 0.3) is 0 Å². The van der Waals surface area contributed by atoms with E-state index < -0.39 is 0 Å². The second kappa shape index (κ2) is 5.38. The van der Waals surface area contributed by atoms with Crippen molar-refractivity contribution in [3.63, 3.8) is 0 Å². The summed E-state index contributed by atoms with van der Waals surface area (Å²) in [6.07, 6.45) is 1.43. The van der Waals surface area contributed by atoms with E-state index >= 15 is 0 Å². The first kappa shape index (κ1) is 14.3. The largest absolute Gasteiger partial charge is 0.493 e. The Morgan fingerprint density at radius 3 is 2.58 bits per heavy atom. The van der Waals surface area contributed by atoms with Crippen LogP contribution in [0.15, 0.2) is 42.7 Å². The van der Waals surface area contributed by atoms with Crippen LogP contribution in [0, 0.1) is 0 Å². The van der Waals surface area contributed by atoms with E-state index in [4.69, 9.17) is 9.47 Å². The van der Waals surface area contributed by atoms with Crippen LogP contribution >= 0.6 is 0 Å². The van der Waals surface area contributed by atoms with E-state index in [9.17, 15) is 4.79 Å². The standard InChI is InChI=1S/C17H14N4O3/c1-23-12-8-11-13-14(15(12)24-2)20-17(22)21(16(13)19-9-18-11)10-6-4-3-5-7-10/h3-9H,1-2H3,(H,20,22). The number of nitrogens with zero attached hydrogens (tertiary/aromatic N) is 3. The van der Waals surface area contributed by atoms with Gasteiger partial charge in [-0.1, -0.05) is 18.2 Å². The molecule has 2 amide bonds. The van der Waals surface area contributed by atoms with Crippen LogP contribution in [0.4, 0.5) is 22.0 Å². The molecule has 0 fully saturated rings. The molecule has 0 radical (unpaired) electrons. The number of carbonyl (C=O) groups excluding carboxylic acids is 1. The minimum Gasteiger partial charge on any atom is -0.493 e. The summed E-state index contributed by atoms with van der Waals surface area (Å²) in [6, 6.07) is 10.8. The number of aromatic nitrogens is 2. The van der Waals surface area contributed by atoms with E-state index in [1.165, 1.54) is 18.3 Å². The van der Waals surface area contributed by atoms with Crippen molar-refractivity contribution in [2.24, 2.45) is 0 Å². The van der Waals surface area contributed by atoms with Gasteiger partial charge < -0.3 is 14.8 Å². The molecule has 24 heavy (non-hydrogen) atoms. The van der Waals surface area contributed by atoms with Crippen LogP contribution in [-0.2, 0) is 0 Å². The molecule has 7 nitrogen and oxygen atoms in total. The molecule has 0 aliphatic carbocycles. The van der Waals surface area contributed by atoms with Gasteiger partial charge in [-0.2, -0.15) is 0 Å². The van der Waals surface area contributed by atoms with E-state index in [0.29, 0.717) is 33.9 Å². The molecule has 2 heterocycles. The number of benzene rings is 2. The maximum absolute atomic E-state index is 12.7. The summed E-state index contributed by atoms with van der Waals surface area (Å²) in [5.74, 6) is 1.45.